The first kappa shape index (κ1) is 27.6. The summed E-state index contributed by atoms with van der Waals surface area (Å²) in [5.41, 5.74) is -0.675. The molecule has 1 aromatic heterocycles. The molecule has 0 spiro atoms. The van der Waals surface area contributed by atoms with Crippen LogP contribution in [0.25, 0.3) is 0 Å². The van der Waals surface area contributed by atoms with E-state index in [0.717, 1.165) is 11.8 Å². The highest BCUT2D eigenvalue weighted by atomic mass is 32.2. The number of hydrogen-bond donors (Lipinski definition) is 3. The first-order valence-electron chi connectivity index (χ1n) is 10.7. The quantitative estimate of drug-likeness (QED) is 0.368. The van der Waals surface area contributed by atoms with Crippen molar-refractivity contribution in [2.45, 2.75) is 13.1 Å². The van der Waals surface area contributed by atoms with E-state index in [9.17, 15) is 35.6 Å². The number of aromatic nitrogens is 1. The first-order valence-corrected chi connectivity index (χ1v) is 12.8. The number of sulfone groups is 1. The van der Waals surface area contributed by atoms with Gasteiger partial charge in [-0.1, -0.05) is 18.2 Å². The fourth-order valence-corrected chi connectivity index (χ4v) is 3.63. The average molecular weight is 539 g/mol. The number of nitrogens with one attached hydrogen (secondary N) is 3. The maximum absolute atomic E-state index is 13.8. The zero-order valence-electron chi connectivity index (χ0n) is 19.6. The lowest BCUT2D eigenvalue weighted by atomic mass is 10.1. The molecule has 3 N–H and O–H groups in total. The Labute approximate surface area is 210 Å². The molecule has 3 aromatic rings. The van der Waals surface area contributed by atoms with Gasteiger partial charge in [0.2, 0.25) is 0 Å². The monoisotopic (exact) mass is 538 g/mol. The standard InChI is InChI=1S/C24H22F4N4O4S/c1-14-5-3-4-6-19(14)31-21-20(11-16(13-30-21)22(33)29-7-8-37(2,35)36)32-23(34)15-9-17(24(26,27)28)12-18(25)10-15/h3-6,9-13H,7-8H2,1-2H3,(H,29,33)(H,30,31)(H,32,34). The van der Waals surface area contributed by atoms with Crippen LogP contribution in [0.3, 0.4) is 0 Å². The van der Waals surface area contributed by atoms with Crippen molar-refractivity contribution in [2.75, 3.05) is 29.2 Å². The Balaban J connectivity index is 1.95. The predicted octanol–water partition coefficient (Wildman–Crippen LogP) is 4.32. The van der Waals surface area contributed by atoms with Crippen LogP contribution in [-0.4, -0.2) is 43.8 Å². The van der Waals surface area contributed by atoms with Gasteiger partial charge in [-0.3, -0.25) is 9.59 Å². The Morgan fingerprint density at radius 3 is 2.32 bits per heavy atom. The molecule has 13 heteroatoms. The predicted molar refractivity (Wildman–Crippen MR) is 130 cm³/mol. The lowest BCUT2D eigenvalue weighted by Gasteiger charge is -2.16. The summed E-state index contributed by atoms with van der Waals surface area (Å²) in [6.45, 7) is 1.63. The van der Waals surface area contributed by atoms with Gasteiger partial charge in [0.05, 0.1) is 22.6 Å². The highest BCUT2D eigenvalue weighted by molar-refractivity contribution is 7.90. The molecule has 0 bridgehead atoms. The molecule has 0 saturated heterocycles. The average Bonchev–Trinajstić information content (AvgIpc) is 2.79. The Bertz CT molecular complexity index is 1440. The third-order valence-corrected chi connectivity index (χ3v) is 5.99. The van der Waals surface area contributed by atoms with Gasteiger partial charge < -0.3 is 16.0 Å². The zero-order valence-corrected chi connectivity index (χ0v) is 20.4. The van der Waals surface area contributed by atoms with Gasteiger partial charge in [-0.15, -0.1) is 0 Å². The molecule has 2 aromatic carbocycles. The SMILES string of the molecule is Cc1ccccc1Nc1ncc(C(=O)NCCS(C)(=O)=O)cc1NC(=O)c1cc(F)cc(C(F)(F)F)c1. The van der Waals surface area contributed by atoms with E-state index in [2.05, 4.69) is 20.9 Å². The number of carbonyl (C=O) groups is 2. The number of anilines is 3. The Kier molecular flexibility index (Phi) is 8.16. The number of aryl methyl sites for hydroxylation is 1. The Hall–Kier alpha value is -4.00. The third kappa shape index (κ3) is 7.74. The van der Waals surface area contributed by atoms with Crippen molar-refractivity contribution >= 4 is 38.8 Å². The summed E-state index contributed by atoms with van der Waals surface area (Å²) in [4.78, 5) is 29.5. The fourth-order valence-electron chi connectivity index (χ4n) is 3.16. The second-order valence-electron chi connectivity index (χ2n) is 8.13. The second-order valence-corrected chi connectivity index (χ2v) is 10.4. The summed E-state index contributed by atoms with van der Waals surface area (Å²) < 4.78 is 75.7. The highest BCUT2D eigenvalue weighted by Crippen LogP contribution is 2.31. The molecule has 8 nitrogen and oxygen atoms in total. The van der Waals surface area contributed by atoms with Crippen molar-refractivity contribution in [3.05, 3.63) is 82.8 Å². The van der Waals surface area contributed by atoms with Crippen molar-refractivity contribution in [3.8, 4) is 0 Å². The van der Waals surface area contributed by atoms with Crippen LogP contribution in [0, 0.1) is 12.7 Å². The number of pyridine rings is 1. The van der Waals surface area contributed by atoms with E-state index >= 15 is 0 Å². The van der Waals surface area contributed by atoms with Gasteiger partial charge in [0.25, 0.3) is 11.8 Å². The number of benzene rings is 2. The van der Waals surface area contributed by atoms with Gasteiger partial charge in [0, 0.05) is 30.2 Å². The molecule has 0 aliphatic heterocycles. The summed E-state index contributed by atoms with van der Waals surface area (Å²) in [6.07, 6.45) is -2.69. The molecule has 0 radical (unpaired) electrons. The van der Waals surface area contributed by atoms with Crippen LogP contribution in [0.1, 0.15) is 31.8 Å². The van der Waals surface area contributed by atoms with E-state index in [1.165, 1.54) is 12.3 Å². The Morgan fingerprint density at radius 2 is 1.68 bits per heavy atom. The first-order chi connectivity index (χ1) is 17.2. The fraction of sp³-hybridized carbons (Fsp3) is 0.208. The van der Waals surface area contributed by atoms with Gasteiger partial charge in [0.1, 0.15) is 15.7 Å². The third-order valence-electron chi connectivity index (χ3n) is 5.04. The zero-order chi connectivity index (χ0) is 27.4. The van der Waals surface area contributed by atoms with Crippen LogP contribution >= 0.6 is 0 Å². The number of amides is 2. The van der Waals surface area contributed by atoms with Gasteiger partial charge in [-0.25, -0.2) is 17.8 Å². The number of halogens is 4. The van der Waals surface area contributed by atoms with Crippen LogP contribution in [0.4, 0.5) is 34.8 Å². The molecule has 0 saturated carbocycles. The molecule has 1 heterocycles. The van der Waals surface area contributed by atoms with Crippen LogP contribution in [0.2, 0.25) is 0 Å². The molecule has 0 aliphatic rings. The van der Waals surface area contributed by atoms with E-state index < -0.39 is 44.8 Å². The summed E-state index contributed by atoms with van der Waals surface area (Å²) in [5, 5.41) is 7.77. The van der Waals surface area contributed by atoms with E-state index in [1.807, 2.05) is 0 Å². The number of rotatable bonds is 8. The number of alkyl halides is 3. The summed E-state index contributed by atoms with van der Waals surface area (Å²) in [5.74, 6) is -3.27. The van der Waals surface area contributed by atoms with Crippen LogP contribution in [0.15, 0.2) is 54.7 Å². The molecular formula is C24H22F4N4O4S. The minimum Gasteiger partial charge on any atom is -0.351 e. The minimum atomic E-state index is -4.87. The van der Waals surface area contributed by atoms with Crippen LogP contribution in [0.5, 0.6) is 0 Å². The van der Waals surface area contributed by atoms with Crippen molar-refractivity contribution in [1.82, 2.24) is 10.3 Å². The molecule has 0 fully saturated rings. The van der Waals surface area contributed by atoms with Gasteiger partial charge >= 0.3 is 6.18 Å². The molecule has 196 valence electrons. The minimum absolute atomic E-state index is 0.0581. The van der Waals surface area contributed by atoms with Gasteiger partial charge in [-0.2, -0.15) is 13.2 Å². The van der Waals surface area contributed by atoms with Crippen molar-refractivity contribution in [2.24, 2.45) is 0 Å². The topological polar surface area (TPSA) is 117 Å². The van der Waals surface area contributed by atoms with Gasteiger partial charge in [0.15, 0.2) is 5.82 Å². The number of para-hydroxylation sites is 1. The molecule has 0 atom stereocenters. The maximum Gasteiger partial charge on any atom is 0.416 e. The van der Waals surface area contributed by atoms with Crippen LogP contribution < -0.4 is 16.0 Å². The van der Waals surface area contributed by atoms with E-state index in [4.69, 9.17) is 0 Å². The lowest BCUT2D eigenvalue weighted by Crippen LogP contribution is -2.29. The van der Waals surface area contributed by atoms with Crippen molar-refractivity contribution in [1.29, 1.82) is 0 Å². The molecule has 0 aliphatic carbocycles. The van der Waals surface area contributed by atoms with E-state index in [1.54, 1.807) is 31.2 Å². The maximum atomic E-state index is 13.8. The van der Waals surface area contributed by atoms with Crippen molar-refractivity contribution < 1.29 is 35.6 Å². The van der Waals surface area contributed by atoms with Gasteiger partial charge in [-0.05, 0) is 42.8 Å². The normalized spacial score (nSPS) is 11.6. The van der Waals surface area contributed by atoms with E-state index in [-0.39, 0.29) is 35.4 Å². The molecule has 37 heavy (non-hydrogen) atoms. The molecule has 0 unspecified atom stereocenters. The number of hydrogen-bond acceptors (Lipinski definition) is 6. The largest absolute Gasteiger partial charge is 0.416 e. The van der Waals surface area contributed by atoms with E-state index in [0.29, 0.717) is 17.8 Å². The molecule has 3 rings (SSSR count). The highest BCUT2D eigenvalue weighted by Gasteiger charge is 2.32. The van der Waals surface area contributed by atoms with Crippen LogP contribution in [-0.2, 0) is 16.0 Å². The molecule has 2 amide bonds. The summed E-state index contributed by atoms with van der Waals surface area (Å²) >= 11 is 0. The van der Waals surface area contributed by atoms with Crippen molar-refractivity contribution in [3.63, 3.8) is 0 Å². The second kappa shape index (κ2) is 10.9. The lowest BCUT2D eigenvalue weighted by molar-refractivity contribution is -0.137. The summed E-state index contributed by atoms with van der Waals surface area (Å²) in [6, 6.07) is 9.68. The molecular weight excluding hydrogens is 516 g/mol. The smallest absolute Gasteiger partial charge is 0.351 e. The number of carbonyl (C=O) groups excluding carboxylic acids is 2. The Morgan fingerprint density at radius 1 is 0.973 bits per heavy atom. The number of nitrogens with zero attached hydrogens (tertiary/aromatic N) is 1. The summed E-state index contributed by atoms with van der Waals surface area (Å²) in [7, 11) is -3.33.